The first-order valence-electron chi connectivity index (χ1n) is 8.93. The summed E-state index contributed by atoms with van der Waals surface area (Å²) in [6, 6.07) is 11.4. The summed E-state index contributed by atoms with van der Waals surface area (Å²) in [6.07, 6.45) is 2.34. The summed E-state index contributed by atoms with van der Waals surface area (Å²) < 4.78 is 5.61. The van der Waals surface area contributed by atoms with Crippen molar-refractivity contribution in [2.75, 3.05) is 33.8 Å². The number of hydrogen-bond acceptors (Lipinski definition) is 3. The van der Waals surface area contributed by atoms with Crippen LogP contribution in [0.4, 0.5) is 0 Å². The van der Waals surface area contributed by atoms with Crippen molar-refractivity contribution in [3.05, 3.63) is 35.9 Å². The van der Waals surface area contributed by atoms with Crippen LogP contribution in [0.1, 0.15) is 38.4 Å². The minimum absolute atomic E-state index is 0.0209. The number of piperidine rings is 1. The molecule has 0 saturated carbocycles. The van der Waals surface area contributed by atoms with Crippen LogP contribution in [0.25, 0.3) is 0 Å². The van der Waals surface area contributed by atoms with E-state index in [1.165, 1.54) is 5.56 Å². The minimum Gasteiger partial charge on any atom is -0.375 e. The first-order valence-corrected chi connectivity index (χ1v) is 8.93. The number of nitrogens with zero attached hydrogens (tertiary/aromatic N) is 2. The van der Waals surface area contributed by atoms with E-state index >= 15 is 0 Å². The lowest BCUT2D eigenvalue weighted by Crippen LogP contribution is -2.50. The fourth-order valence-electron chi connectivity index (χ4n) is 3.14. The van der Waals surface area contributed by atoms with Crippen molar-refractivity contribution in [2.45, 2.75) is 44.9 Å². The van der Waals surface area contributed by atoms with Gasteiger partial charge in [0.2, 0.25) is 0 Å². The van der Waals surface area contributed by atoms with Crippen molar-refractivity contribution in [2.24, 2.45) is 4.99 Å². The molecule has 1 unspecified atom stereocenters. The number of ether oxygens (including phenoxy) is 1. The average Bonchev–Trinajstić information content (AvgIpc) is 2.62. The fraction of sp³-hybridized carbons (Fsp3) is 0.632. The molecule has 1 fully saturated rings. The van der Waals surface area contributed by atoms with Crippen LogP contribution in [0.2, 0.25) is 0 Å². The van der Waals surface area contributed by atoms with Crippen LogP contribution in [-0.4, -0.2) is 56.7 Å². The Morgan fingerprint density at radius 2 is 1.92 bits per heavy atom. The number of nitrogens with one attached hydrogen (secondary N) is 2. The Labute approximate surface area is 146 Å². The third kappa shape index (κ3) is 5.49. The van der Waals surface area contributed by atoms with Gasteiger partial charge in [-0.05, 0) is 32.3 Å². The zero-order chi connectivity index (χ0) is 17.4. The van der Waals surface area contributed by atoms with E-state index in [-0.39, 0.29) is 6.10 Å². The van der Waals surface area contributed by atoms with Gasteiger partial charge in [0, 0.05) is 45.9 Å². The number of benzene rings is 1. The molecule has 1 aromatic rings. The summed E-state index contributed by atoms with van der Waals surface area (Å²) in [5.74, 6) is 0.857. The monoisotopic (exact) mass is 332 g/mol. The SMILES string of the molecule is CN=C(NCC(OC)c1ccccc1)NC1CCN(C(C)C)CC1. The molecule has 1 atom stereocenters. The number of rotatable bonds is 6. The topological polar surface area (TPSA) is 48.9 Å². The zero-order valence-corrected chi connectivity index (χ0v) is 15.5. The summed E-state index contributed by atoms with van der Waals surface area (Å²) in [6.45, 7) is 7.53. The average molecular weight is 332 g/mol. The van der Waals surface area contributed by atoms with E-state index in [0.29, 0.717) is 18.6 Å². The second-order valence-electron chi connectivity index (χ2n) is 6.64. The number of aliphatic imine (C=N–C) groups is 1. The molecule has 0 bridgehead atoms. The predicted molar refractivity (Wildman–Crippen MR) is 100 cm³/mol. The number of hydrogen-bond donors (Lipinski definition) is 2. The normalized spacial score (nSPS) is 18.6. The quantitative estimate of drug-likeness (QED) is 0.620. The highest BCUT2D eigenvalue weighted by atomic mass is 16.5. The third-order valence-electron chi connectivity index (χ3n) is 4.74. The first-order chi connectivity index (χ1) is 11.6. The number of guanidine groups is 1. The van der Waals surface area contributed by atoms with E-state index in [1.807, 2.05) is 25.2 Å². The van der Waals surface area contributed by atoms with Crippen molar-refractivity contribution in [3.8, 4) is 0 Å². The molecular weight excluding hydrogens is 300 g/mol. The molecule has 1 aromatic carbocycles. The van der Waals surface area contributed by atoms with Crippen LogP contribution in [0.5, 0.6) is 0 Å². The summed E-state index contributed by atoms with van der Waals surface area (Å²) in [5.41, 5.74) is 1.17. The zero-order valence-electron chi connectivity index (χ0n) is 15.5. The van der Waals surface area contributed by atoms with Crippen molar-refractivity contribution in [1.29, 1.82) is 0 Å². The van der Waals surface area contributed by atoms with Gasteiger partial charge in [0.15, 0.2) is 5.96 Å². The number of methoxy groups -OCH3 is 1. The van der Waals surface area contributed by atoms with E-state index in [2.05, 4.69) is 46.5 Å². The lowest BCUT2D eigenvalue weighted by Gasteiger charge is -2.35. The Morgan fingerprint density at radius 1 is 1.25 bits per heavy atom. The van der Waals surface area contributed by atoms with Gasteiger partial charge >= 0.3 is 0 Å². The van der Waals surface area contributed by atoms with Gasteiger partial charge < -0.3 is 20.3 Å². The highest BCUT2D eigenvalue weighted by molar-refractivity contribution is 5.80. The molecule has 0 aromatic heterocycles. The number of likely N-dealkylation sites (tertiary alicyclic amines) is 1. The molecular formula is C19H32N4O. The maximum Gasteiger partial charge on any atom is 0.191 e. The van der Waals surface area contributed by atoms with Crippen molar-refractivity contribution < 1.29 is 4.74 Å². The van der Waals surface area contributed by atoms with Crippen LogP contribution in [0.3, 0.4) is 0 Å². The molecule has 24 heavy (non-hydrogen) atoms. The smallest absolute Gasteiger partial charge is 0.191 e. The molecule has 0 radical (unpaired) electrons. The molecule has 5 heteroatoms. The van der Waals surface area contributed by atoms with Gasteiger partial charge in [-0.15, -0.1) is 0 Å². The molecule has 1 saturated heterocycles. The summed E-state index contributed by atoms with van der Waals surface area (Å²) in [7, 11) is 3.57. The second kappa shape index (κ2) is 9.64. The Bertz CT molecular complexity index is 495. The maximum atomic E-state index is 5.61. The lowest BCUT2D eigenvalue weighted by atomic mass is 10.0. The highest BCUT2D eigenvalue weighted by Gasteiger charge is 2.21. The van der Waals surface area contributed by atoms with Crippen LogP contribution >= 0.6 is 0 Å². The second-order valence-corrected chi connectivity index (χ2v) is 6.64. The van der Waals surface area contributed by atoms with E-state index < -0.39 is 0 Å². The largest absolute Gasteiger partial charge is 0.375 e. The van der Waals surface area contributed by atoms with Crippen molar-refractivity contribution in [3.63, 3.8) is 0 Å². The van der Waals surface area contributed by atoms with E-state index in [4.69, 9.17) is 4.74 Å². The van der Waals surface area contributed by atoms with Gasteiger partial charge in [0.05, 0.1) is 6.10 Å². The van der Waals surface area contributed by atoms with Crippen LogP contribution < -0.4 is 10.6 Å². The molecule has 1 aliphatic heterocycles. The molecule has 2 N–H and O–H groups in total. The Hall–Kier alpha value is -1.59. The molecule has 134 valence electrons. The Morgan fingerprint density at radius 3 is 2.46 bits per heavy atom. The lowest BCUT2D eigenvalue weighted by molar-refractivity contribution is 0.106. The van der Waals surface area contributed by atoms with Gasteiger partial charge in [-0.1, -0.05) is 30.3 Å². The molecule has 2 rings (SSSR count). The standard InChI is InChI=1S/C19H32N4O/c1-15(2)23-12-10-17(11-13-23)22-19(20-3)21-14-18(24-4)16-8-6-5-7-9-16/h5-9,15,17-18H,10-14H2,1-4H3,(H2,20,21,22). The molecule has 1 heterocycles. The van der Waals surface area contributed by atoms with Crippen molar-refractivity contribution in [1.82, 2.24) is 15.5 Å². The van der Waals surface area contributed by atoms with E-state index in [1.54, 1.807) is 7.11 Å². The van der Waals surface area contributed by atoms with Gasteiger partial charge in [-0.3, -0.25) is 4.99 Å². The fourth-order valence-corrected chi connectivity index (χ4v) is 3.14. The summed E-state index contributed by atoms with van der Waals surface area (Å²) in [4.78, 5) is 6.89. The van der Waals surface area contributed by atoms with Gasteiger partial charge in [-0.2, -0.15) is 0 Å². The van der Waals surface area contributed by atoms with E-state index in [9.17, 15) is 0 Å². The summed E-state index contributed by atoms with van der Waals surface area (Å²) >= 11 is 0. The molecule has 5 nitrogen and oxygen atoms in total. The minimum atomic E-state index is 0.0209. The maximum absolute atomic E-state index is 5.61. The van der Waals surface area contributed by atoms with Crippen LogP contribution in [-0.2, 0) is 4.74 Å². The highest BCUT2D eigenvalue weighted by Crippen LogP contribution is 2.15. The first kappa shape index (κ1) is 18.7. The van der Waals surface area contributed by atoms with Gasteiger partial charge in [0.25, 0.3) is 0 Å². The van der Waals surface area contributed by atoms with Gasteiger partial charge in [-0.25, -0.2) is 0 Å². The van der Waals surface area contributed by atoms with Crippen LogP contribution in [0, 0.1) is 0 Å². The van der Waals surface area contributed by atoms with Crippen LogP contribution in [0.15, 0.2) is 35.3 Å². The van der Waals surface area contributed by atoms with Gasteiger partial charge in [0.1, 0.15) is 0 Å². The third-order valence-corrected chi connectivity index (χ3v) is 4.74. The molecule has 0 amide bonds. The van der Waals surface area contributed by atoms with Crippen molar-refractivity contribution >= 4 is 5.96 Å². The molecule has 0 spiro atoms. The summed E-state index contributed by atoms with van der Waals surface area (Å²) in [5, 5.41) is 6.95. The molecule has 0 aliphatic carbocycles. The Balaban J connectivity index is 1.80. The molecule has 1 aliphatic rings. The van der Waals surface area contributed by atoms with E-state index in [0.717, 1.165) is 31.9 Å². The Kier molecular flexibility index (Phi) is 7.53. The predicted octanol–water partition coefficient (Wildman–Crippen LogP) is 2.41.